The Morgan fingerprint density at radius 2 is 2.00 bits per heavy atom. The van der Waals surface area contributed by atoms with E-state index >= 15 is 0 Å². The molecule has 0 saturated heterocycles. The van der Waals surface area contributed by atoms with Crippen LogP contribution in [0.1, 0.15) is 18.1 Å². The second-order valence-electron chi connectivity index (χ2n) is 6.15. The third-order valence-corrected chi connectivity index (χ3v) is 5.31. The Hall–Kier alpha value is -2.86. The smallest absolute Gasteiger partial charge is 0.270 e. The minimum Gasteiger partial charge on any atom is -0.490 e. The van der Waals surface area contributed by atoms with Crippen LogP contribution < -0.4 is 24.4 Å². The van der Waals surface area contributed by atoms with E-state index in [1.807, 2.05) is 61.5 Å². The first kappa shape index (κ1) is 17.5. The van der Waals surface area contributed by atoms with Crippen LogP contribution in [0.5, 0.6) is 11.5 Å². The number of ether oxygens (including phenoxy) is 2. The maximum absolute atomic E-state index is 12.4. The number of benzene rings is 2. The summed E-state index contributed by atoms with van der Waals surface area (Å²) >= 11 is 1.43. The molecule has 0 fully saturated rings. The molecule has 6 heteroatoms. The lowest BCUT2D eigenvalue weighted by atomic mass is 10.2. The largest absolute Gasteiger partial charge is 0.490 e. The predicted octanol–water partition coefficient (Wildman–Crippen LogP) is 2.35. The van der Waals surface area contributed by atoms with E-state index in [9.17, 15) is 4.79 Å². The molecule has 138 valence electrons. The molecule has 0 N–H and O–H groups in total. The van der Waals surface area contributed by atoms with Gasteiger partial charge in [-0.15, -0.1) is 0 Å². The highest BCUT2D eigenvalue weighted by Gasteiger charge is 2.11. The van der Waals surface area contributed by atoms with Gasteiger partial charge >= 0.3 is 0 Å². The van der Waals surface area contributed by atoms with Gasteiger partial charge in [-0.05, 0) is 36.3 Å². The summed E-state index contributed by atoms with van der Waals surface area (Å²) in [6.07, 6.45) is 1.89. The van der Waals surface area contributed by atoms with Crippen molar-refractivity contribution >= 4 is 17.4 Å². The first-order chi connectivity index (χ1) is 13.2. The first-order valence-corrected chi connectivity index (χ1v) is 9.75. The lowest BCUT2D eigenvalue weighted by Gasteiger charge is -2.12. The lowest BCUT2D eigenvalue weighted by Crippen LogP contribution is -2.29. The summed E-state index contributed by atoms with van der Waals surface area (Å²) < 4.78 is 14.1. The van der Waals surface area contributed by atoms with Crippen LogP contribution in [0.3, 0.4) is 0 Å². The molecule has 4 rings (SSSR count). The summed E-state index contributed by atoms with van der Waals surface area (Å²) in [6, 6.07) is 15.8. The lowest BCUT2D eigenvalue weighted by molar-refractivity contribution is 0.269. The Morgan fingerprint density at radius 1 is 1.15 bits per heavy atom. The van der Waals surface area contributed by atoms with Gasteiger partial charge in [0, 0.05) is 6.54 Å². The molecular formula is C21H20N2O3S. The molecule has 0 radical (unpaired) electrons. The van der Waals surface area contributed by atoms with Gasteiger partial charge in [-0.2, -0.15) is 0 Å². The zero-order valence-corrected chi connectivity index (χ0v) is 15.9. The van der Waals surface area contributed by atoms with Crippen molar-refractivity contribution in [3.8, 4) is 11.5 Å². The molecule has 2 aromatic carbocycles. The maximum atomic E-state index is 12.4. The van der Waals surface area contributed by atoms with E-state index in [0.717, 1.165) is 15.9 Å². The van der Waals surface area contributed by atoms with Gasteiger partial charge in [0.15, 0.2) is 16.3 Å². The van der Waals surface area contributed by atoms with Crippen molar-refractivity contribution in [2.24, 2.45) is 4.99 Å². The van der Waals surface area contributed by atoms with Gasteiger partial charge in [-0.25, -0.2) is 0 Å². The van der Waals surface area contributed by atoms with E-state index in [1.165, 1.54) is 11.3 Å². The summed E-state index contributed by atoms with van der Waals surface area (Å²) in [5.41, 5.74) is 2.03. The first-order valence-electron chi connectivity index (χ1n) is 8.94. The minimum atomic E-state index is 0.0265. The van der Waals surface area contributed by atoms with Crippen LogP contribution in [-0.2, 0) is 13.2 Å². The van der Waals surface area contributed by atoms with Crippen LogP contribution in [0.25, 0.3) is 6.08 Å². The van der Waals surface area contributed by atoms with Gasteiger partial charge in [-0.1, -0.05) is 47.7 Å². The Balaban J connectivity index is 1.63. The van der Waals surface area contributed by atoms with Crippen LogP contribution in [0.2, 0.25) is 0 Å². The molecule has 0 atom stereocenters. The molecular weight excluding hydrogens is 360 g/mol. The number of fused-ring (bicyclic) bond motifs is 1. The normalized spacial score (nSPS) is 13.3. The van der Waals surface area contributed by atoms with Gasteiger partial charge in [0.25, 0.3) is 5.56 Å². The number of hydrogen-bond acceptors (Lipinski definition) is 5. The molecule has 0 amide bonds. The molecule has 0 spiro atoms. The van der Waals surface area contributed by atoms with Crippen molar-refractivity contribution in [1.82, 2.24) is 4.57 Å². The zero-order chi connectivity index (χ0) is 18.6. The number of rotatable bonds is 6. The molecule has 1 aromatic heterocycles. The van der Waals surface area contributed by atoms with Crippen molar-refractivity contribution in [1.29, 1.82) is 0 Å². The van der Waals surface area contributed by atoms with E-state index < -0.39 is 0 Å². The topological polar surface area (TPSA) is 52.8 Å². The highest BCUT2D eigenvalue weighted by atomic mass is 32.1. The fourth-order valence-electron chi connectivity index (χ4n) is 2.96. The van der Waals surface area contributed by atoms with E-state index in [0.29, 0.717) is 42.3 Å². The quantitative estimate of drug-likeness (QED) is 0.660. The molecule has 2 heterocycles. The summed E-state index contributed by atoms with van der Waals surface area (Å²) in [6.45, 7) is 4.33. The number of hydrogen-bond donors (Lipinski definition) is 0. The minimum absolute atomic E-state index is 0.0265. The van der Waals surface area contributed by atoms with Gasteiger partial charge in [-0.3, -0.25) is 14.4 Å². The molecule has 1 aliphatic heterocycles. The van der Waals surface area contributed by atoms with Crippen molar-refractivity contribution in [3.05, 3.63) is 79.3 Å². The molecule has 3 aromatic rings. The summed E-state index contributed by atoms with van der Waals surface area (Å²) in [5.74, 6) is 1.37. The summed E-state index contributed by atoms with van der Waals surface area (Å²) in [5, 5.41) is 0. The summed E-state index contributed by atoms with van der Waals surface area (Å²) in [4.78, 5) is 17.6. The van der Waals surface area contributed by atoms with Crippen molar-refractivity contribution in [3.63, 3.8) is 0 Å². The molecule has 0 bridgehead atoms. The van der Waals surface area contributed by atoms with E-state index in [4.69, 9.17) is 9.47 Å². The Kier molecular flexibility index (Phi) is 5.07. The van der Waals surface area contributed by atoms with Crippen LogP contribution in [-0.4, -0.2) is 17.7 Å². The van der Waals surface area contributed by atoms with Gasteiger partial charge < -0.3 is 9.47 Å². The van der Waals surface area contributed by atoms with Crippen molar-refractivity contribution < 1.29 is 9.47 Å². The summed E-state index contributed by atoms with van der Waals surface area (Å²) in [7, 11) is 0. The van der Waals surface area contributed by atoms with Crippen molar-refractivity contribution in [2.45, 2.75) is 20.1 Å². The SMILES string of the molecule is CCOc1cc(C=c2sc3n(c2=O)CCN=3)ccc1OCc1ccccc1. The Morgan fingerprint density at radius 3 is 2.78 bits per heavy atom. The molecule has 27 heavy (non-hydrogen) atoms. The third-order valence-electron chi connectivity index (χ3n) is 4.26. The highest BCUT2D eigenvalue weighted by molar-refractivity contribution is 7.07. The number of thiazole rings is 1. The average molecular weight is 380 g/mol. The number of aromatic nitrogens is 1. The molecule has 0 saturated carbocycles. The van der Waals surface area contributed by atoms with E-state index in [-0.39, 0.29) is 5.56 Å². The Labute approximate surface area is 160 Å². The Bertz CT molecular complexity index is 1120. The van der Waals surface area contributed by atoms with E-state index in [1.54, 1.807) is 4.57 Å². The van der Waals surface area contributed by atoms with Crippen LogP contribution in [0, 0.1) is 0 Å². The van der Waals surface area contributed by atoms with Crippen molar-refractivity contribution in [2.75, 3.05) is 13.2 Å². The second kappa shape index (κ2) is 7.80. The number of nitrogens with zero attached hydrogens (tertiary/aromatic N) is 2. The predicted molar refractivity (Wildman–Crippen MR) is 106 cm³/mol. The molecule has 5 nitrogen and oxygen atoms in total. The fourth-order valence-corrected chi connectivity index (χ4v) is 3.99. The molecule has 0 unspecified atom stereocenters. The van der Waals surface area contributed by atoms with Gasteiger partial charge in [0.05, 0.1) is 17.7 Å². The standard InChI is InChI=1S/C21H20N2O3S/c1-2-25-18-12-16(13-19-20(24)23-11-10-22-21(23)27-19)8-9-17(18)26-14-15-6-4-3-5-7-15/h3-9,12-13H,2,10-11,14H2,1H3. The highest BCUT2D eigenvalue weighted by Crippen LogP contribution is 2.29. The third kappa shape index (κ3) is 3.80. The van der Waals surface area contributed by atoms with Gasteiger partial charge in [0.1, 0.15) is 6.61 Å². The second-order valence-corrected chi connectivity index (χ2v) is 7.15. The monoisotopic (exact) mass is 380 g/mol. The van der Waals surface area contributed by atoms with Crippen LogP contribution in [0.4, 0.5) is 0 Å². The van der Waals surface area contributed by atoms with Gasteiger partial charge in [0.2, 0.25) is 0 Å². The molecule has 1 aliphatic rings. The fraction of sp³-hybridized carbons (Fsp3) is 0.238. The maximum Gasteiger partial charge on any atom is 0.270 e. The van der Waals surface area contributed by atoms with Crippen LogP contribution in [0.15, 0.2) is 58.3 Å². The molecule has 0 aliphatic carbocycles. The average Bonchev–Trinajstić information content (AvgIpc) is 3.26. The van der Waals surface area contributed by atoms with E-state index in [2.05, 4.69) is 4.99 Å². The zero-order valence-electron chi connectivity index (χ0n) is 15.1. The van der Waals surface area contributed by atoms with Crippen LogP contribution >= 0.6 is 11.3 Å².